The van der Waals surface area contributed by atoms with E-state index in [0.29, 0.717) is 24.8 Å². The van der Waals surface area contributed by atoms with Crippen LogP contribution in [0.4, 0.5) is 19.3 Å². The van der Waals surface area contributed by atoms with Crippen LogP contribution >= 0.6 is 7.82 Å². The predicted octanol–water partition coefficient (Wildman–Crippen LogP) is 12.3. The van der Waals surface area contributed by atoms with Crippen LogP contribution in [0.1, 0.15) is 155 Å². The number of halogens is 2. The van der Waals surface area contributed by atoms with Gasteiger partial charge in [0.05, 0.1) is 23.4 Å². The number of rotatable bonds is 19. The minimum atomic E-state index is -4.44. The van der Waals surface area contributed by atoms with Crippen molar-refractivity contribution in [3.8, 4) is 11.1 Å². The van der Waals surface area contributed by atoms with Crippen LogP contribution in [0, 0.1) is 28.6 Å². The summed E-state index contributed by atoms with van der Waals surface area (Å²) in [6, 6.07) is 24.5. The fraction of sp³-hybridized carbons (Fsp3) is 0.507. The van der Waals surface area contributed by atoms with E-state index in [1.54, 1.807) is 74.5 Å². The average Bonchev–Trinajstić information content (AvgIpc) is 1.48. The van der Waals surface area contributed by atoms with Crippen molar-refractivity contribution in [3.63, 3.8) is 0 Å². The van der Waals surface area contributed by atoms with Crippen LogP contribution < -0.4 is 16.0 Å². The first kappa shape index (κ1) is 66.2. The Hall–Kier alpha value is -6.77. The van der Waals surface area contributed by atoms with Gasteiger partial charge in [0, 0.05) is 51.5 Å². The second-order valence-electron chi connectivity index (χ2n) is 28.0. The number of nitrogens with one attached hydrogen (secondary N) is 3. The molecule has 10 atom stereocenters. The number of carbonyl (C=O) groups is 6. The van der Waals surface area contributed by atoms with Gasteiger partial charge in [-0.15, -0.1) is 0 Å². The summed E-state index contributed by atoms with van der Waals surface area (Å²) in [5.41, 5.74) is -2.11. The Kier molecular flexibility index (Phi) is 18.2. The number of anilines is 1. The molecule has 3 amide bonds. The van der Waals surface area contributed by atoms with E-state index in [2.05, 4.69) is 16.0 Å². The van der Waals surface area contributed by atoms with Crippen LogP contribution in [0.5, 0.6) is 0 Å². The smallest absolute Gasteiger partial charge is 0.460 e. The van der Waals surface area contributed by atoms with Gasteiger partial charge in [-0.05, 0) is 153 Å². The Labute approximate surface area is 524 Å². The fourth-order valence-electron chi connectivity index (χ4n) is 14.7. The van der Waals surface area contributed by atoms with Crippen molar-refractivity contribution in [2.24, 2.45) is 28.6 Å². The minimum Gasteiger partial charge on any atom is -0.460 e. The van der Waals surface area contributed by atoms with Gasteiger partial charge in [-0.1, -0.05) is 110 Å². The van der Waals surface area contributed by atoms with Crippen molar-refractivity contribution in [2.45, 2.75) is 173 Å². The molecule has 0 radical (unpaired) electrons. The van der Waals surface area contributed by atoms with E-state index in [9.17, 15) is 33.6 Å². The maximum absolute atomic E-state index is 16.8. The number of fused-ring (bicyclic) bond motifs is 10. The highest BCUT2D eigenvalue weighted by Crippen LogP contribution is 2.71. The van der Waals surface area contributed by atoms with Gasteiger partial charge in [-0.3, -0.25) is 37.5 Å². The van der Waals surface area contributed by atoms with Crippen molar-refractivity contribution < 1.29 is 79.7 Å². The van der Waals surface area contributed by atoms with E-state index in [4.69, 9.17) is 32.5 Å². The Morgan fingerprint density at radius 1 is 0.822 bits per heavy atom. The number of phosphoric acid groups is 1. The van der Waals surface area contributed by atoms with E-state index in [1.807, 2.05) is 68.5 Å². The summed E-state index contributed by atoms with van der Waals surface area (Å²) >= 11 is 0. The number of carbonyl (C=O) groups excluding carboxylic acids is 6. The lowest BCUT2D eigenvalue weighted by Gasteiger charge is -2.59. The third kappa shape index (κ3) is 13.4. The fourth-order valence-corrected chi connectivity index (χ4v) is 16.5. The number of alkyl halides is 2. The molecule has 1 heterocycles. The minimum absolute atomic E-state index is 0.00674. The molecule has 0 spiro atoms. The molecule has 4 fully saturated rings. The number of aliphatic hydroxyl groups excluding tert-OH is 1. The molecule has 4 N–H and O–H groups in total. The molecule has 482 valence electrons. The molecule has 4 aromatic rings. The molecule has 4 aromatic carbocycles. The highest BCUT2D eigenvalue weighted by atomic mass is 31.2. The number of allylic oxidation sites excluding steroid dienone is 4. The first-order valence-corrected chi connectivity index (χ1v) is 32.2. The van der Waals surface area contributed by atoms with Crippen LogP contribution in [0.25, 0.3) is 11.1 Å². The molecule has 21 heteroatoms. The largest absolute Gasteiger partial charge is 0.476 e. The SMILES string of the molecule is CC(C)(C)OC(=O)CC[C@H](NC(=O)CNC(=O)OCC1c2ccccc2-c2ccccc21)C(=O)Nc1cccc(C(F)(F)c2ccc([C@@H]3O[C@@H]4C[C@H]5[C@@H]6CCC7=CC(=O)C=C[C@]7(C)[C@H]6[C@@H](O)C[C@]5(C)[C@]4(C(=O)COP(=O)(OC(C)(C)C)OC(C)(C)C)O3)cc2)c1. The maximum atomic E-state index is 16.8. The van der Waals surface area contributed by atoms with E-state index in [0.717, 1.165) is 33.9 Å². The Morgan fingerprint density at radius 3 is 2.10 bits per heavy atom. The van der Waals surface area contributed by atoms with Crippen molar-refractivity contribution in [3.05, 3.63) is 149 Å². The lowest BCUT2D eigenvalue weighted by Crippen LogP contribution is -2.63. The molecule has 5 aliphatic carbocycles. The zero-order chi connectivity index (χ0) is 65.1. The van der Waals surface area contributed by atoms with Gasteiger partial charge in [-0.2, -0.15) is 8.78 Å². The number of phosphoric ester groups is 1. The van der Waals surface area contributed by atoms with Crippen LogP contribution in [0.15, 0.2) is 121 Å². The van der Waals surface area contributed by atoms with E-state index in [1.165, 1.54) is 42.5 Å². The number of Topliss-reactive ketones (excluding diaryl/α,β-unsaturated/α-hetero) is 1. The van der Waals surface area contributed by atoms with Gasteiger partial charge in [0.2, 0.25) is 11.8 Å². The summed E-state index contributed by atoms with van der Waals surface area (Å²) in [7, 11) is -4.44. The zero-order valence-corrected chi connectivity index (χ0v) is 53.7. The number of esters is 1. The van der Waals surface area contributed by atoms with Crippen molar-refractivity contribution >= 4 is 49.0 Å². The van der Waals surface area contributed by atoms with Gasteiger partial charge < -0.3 is 40.0 Å². The molecule has 1 aliphatic heterocycles. The first-order valence-electron chi connectivity index (χ1n) is 30.8. The van der Waals surface area contributed by atoms with Gasteiger partial charge in [-0.25, -0.2) is 9.36 Å². The summed E-state index contributed by atoms with van der Waals surface area (Å²) < 4.78 is 90.5. The highest BCUT2D eigenvalue weighted by Gasteiger charge is 2.76. The number of hydrogen-bond acceptors (Lipinski definition) is 15. The Balaban J connectivity index is 0.838. The third-order valence-electron chi connectivity index (χ3n) is 18.3. The number of ether oxygens (including phenoxy) is 4. The monoisotopic (exact) mass is 1260 g/mol. The van der Waals surface area contributed by atoms with Gasteiger partial charge in [0.15, 0.2) is 23.5 Å². The molecular formula is C69H82F2N3O15P. The number of ketones is 2. The van der Waals surface area contributed by atoms with Crippen molar-refractivity contribution in [2.75, 3.05) is 25.1 Å². The van der Waals surface area contributed by atoms with Crippen LogP contribution in [0.2, 0.25) is 0 Å². The Morgan fingerprint density at radius 2 is 1.47 bits per heavy atom. The topological polar surface area (TPSA) is 240 Å². The summed E-state index contributed by atoms with van der Waals surface area (Å²) in [5.74, 6) is -7.60. The van der Waals surface area contributed by atoms with Gasteiger partial charge >= 0.3 is 19.9 Å². The number of alkyl carbamates (subject to hydrolysis) is 1. The molecule has 3 saturated carbocycles. The van der Waals surface area contributed by atoms with Crippen LogP contribution in [0.3, 0.4) is 0 Å². The molecule has 0 unspecified atom stereocenters. The Bertz CT molecular complexity index is 3510. The standard InChI is InChI=1S/C69H82F2N3O15P/c1-63(2,3)86-58(79)30-29-53(74-57(78)37-72-62(81)83-38-51-48-21-14-12-19-46(48)47-20-13-15-22-49(47)51)60(80)73-44-18-16-17-43(33-44)69(70,71)41-25-23-40(24-26-41)61-85-56-35-52-50-28-27-42-34-45(75)31-32-66(42,10)59(50)54(76)36-67(52,11)68(56,87-61)55(77)39-84-90(82,88-64(4,5)6)89-65(7,8)9/h12-26,31-34,50-54,56,59,61,76H,27-30,35-39H2,1-11H3,(H,72,81)(H,73,80)(H,74,78)/t50-,52-,53-,54-,56+,59+,61+,66-,67-,68+/m0/s1. The van der Waals surface area contributed by atoms with E-state index in [-0.39, 0.29) is 61.0 Å². The van der Waals surface area contributed by atoms with E-state index < -0.39 is 125 Å². The number of benzene rings is 4. The van der Waals surface area contributed by atoms with Crippen molar-refractivity contribution in [1.29, 1.82) is 0 Å². The molecule has 0 aromatic heterocycles. The number of hydrogen-bond donors (Lipinski definition) is 4. The van der Waals surface area contributed by atoms with E-state index >= 15 is 13.6 Å². The molecule has 10 rings (SSSR count). The quantitative estimate of drug-likeness (QED) is 0.0504. The summed E-state index contributed by atoms with van der Waals surface area (Å²) in [4.78, 5) is 81.2. The van der Waals surface area contributed by atoms with Crippen LogP contribution in [-0.2, 0) is 67.0 Å². The van der Waals surface area contributed by atoms with Gasteiger partial charge in [0.1, 0.15) is 31.4 Å². The number of amides is 3. The summed E-state index contributed by atoms with van der Waals surface area (Å²) in [6.07, 6.45) is 2.14. The summed E-state index contributed by atoms with van der Waals surface area (Å²) in [6.45, 7) is 17.6. The lowest BCUT2D eigenvalue weighted by molar-refractivity contribution is -0.201. The predicted molar refractivity (Wildman–Crippen MR) is 330 cm³/mol. The molecule has 90 heavy (non-hydrogen) atoms. The normalized spacial score (nSPS) is 26.6. The molecule has 1 saturated heterocycles. The third-order valence-corrected chi connectivity index (χ3v) is 20.2. The summed E-state index contributed by atoms with van der Waals surface area (Å²) in [5, 5.41) is 20.0. The molecular weight excluding hydrogens is 1180 g/mol. The average molecular weight is 1260 g/mol. The number of aliphatic hydroxyl groups is 1. The molecule has 18 nitrogen and oxygen atoms in total. The second kappa shape index (κ2) is 24.7. The molecule has 6 aliphatic rings. The second-order valence-corrected chi connectivity index (χ2v) is 29.5. The lowest BCUT2D eigenvalue weighted by atomic mass is 9.46. The highest BCUT2D eigenvalue weighted by molar-refractivity contribution is 7.48. The first-order chi connectivity index (χ1) is 42.1. The van der Waals surface area contributed by atoms with Crippen LogP contribution in [-0.4, -0.2) is 101 Å². The van der Waals surface area contributed by atoms with Crippen molar-refractivity contribution in [1.82, 2.24) is 10.6 Å². The van der Waals surface area contributed by atoms with Gasteiger partial charge in [0.25, 0.3) is 5.92 Å². The maximum Gasteiger partial charge on any atom is 0.476 e. The zero-order valence-electron chi connectivity index (χ0n) is 52.8. The molecule has 0 bridgehead atoms.